The van der Waals surface area contributed by atoms with Crippen molar-refractivity contribution >= 4 is 11.9 Å². The maximum Gasteiger partial charge on any atom is 0.416 e. The van der Waals surface area contributed by atoms with E-state index in [0.717, 1.165) is 4.90 Å². The van der Waals surface area contributed by atoms with Crippen LogP contribution in [0.3, 0.4) is 0 Å². The van der Waals surface area contributed by atoms with Gasteiger partial charge in [-0.15, -0.1) is 0 Å². The van der Waals surface area contributed by atoms with Crippen molar-refractivity contribution in [1.29, 1.82) is 0 Å². The molecule has 0 radical (unpaired) electrons. The van der Waals surface area contributed by atoms with E-state index in [4.69, 9.17) is 5.73 Å². The fourth-order valence-electron chi connectivity index (χ4n) is 5.91. The molecular weight excluding hydrogens is 795 g/mol. The maximum absolute atomic E-state index is 13.9. The average molecular weight is 827 g/mol. The van der Waals surface area contributed by atoms with Crippen molar-refractivity contribution in [2.75, 3.05) is 13.6 Å². The van der Waals surface area contributed by atoms with Crippen LogP contribution < -0.4 is 11.1 Å². The van der Waals surface area contributed by atoms with E-state index in [9.17, 15) is 40.3 Å². The van der Waals surface area contributed by atoms with E-state index < -0.39 is 64.9 Å². The zero-order valence-corrected chi connectivity index (χ0v) is 27.3. The number of carbonyl (C=O) groups excluding carboxylic acids is 2. The molecular formula is C28H31F7N4O2U. The van der Waals surface area contributed by atoms with Crippen molar-refractivity contribution in [3.63, 3.8) is 0 Å². The van der Waals surface area contributed by atoms with Gasteiger partial charge in [0.25, 0.3) is 0 Å². The molecule has 2 saturated heterocycles. The summed E-state index contributed by atoms with van der Waals surface area (Å²) >= 11 is 0. The van der Waals surface area contributed by atoms with Crippen LogP contribution >= 0.6 is 0 Å². The normalized spacial score (nSPS) is 23.4. The van der Waals surface area contributed by atoms with Crippen molar-refractivity contribution < 1.29 is 71.4 Å². The van der Waals surface area contributed by atoms with Gasteiger partial charge in [0.1, 0.15) is 5.82 Å². The smallest absolute Gasteiger partial charge is 0.368 e. The summed E-state index contributed by atoms with van der Waals surface area (Å²) in [6.07, 6.45) is -8.16. The Bertz CT molecular complexity index is 1300. The number of amides is 3. The molecule has 2 aromatic carbocycles. The summed E-state index contributed by atoms with van der Waals surface area (Å²) in [6.45, 7) is 3.21. The third kappa shape index (κ3) is 7.08. The third-order valence-electron chi connectivity index (χ3n) is 8.34. The van der Waals surface area contributed by atoms with Gasteiger partial charge in [-0.3, -0.25) is 4.79 Å². The van der Waals surface area contributed by atoms with Gasteiger partial charge in [-0.25, -0.2) is 9.18 Å². The van der Waals surface area contributed by atoms with Crippen molar-refractivity contribution in [2.24, 2.45) is 5.73 Å². The van der Waals surface area contributed by atoms with Crippen molar-refractivity contribution in [1.82, 2.24) is 15.1 Å². The standard InChI is InChI=1S/C28H31F7N4O2.U/c1-15-10-20(29)4-5-21(15)23-14-26(7-6-22(37-26)24(36)40)8-9-39(23)25(41)38(3)16(2)17-11-18(27(30,31)32)13-19(12-17)28(33,34)35;/h4-5,10-13,16,22-23,37H,6-9,14H2,1-3H3,(H2,36,40);/t16-,22?,23-,26-;/m1./s1. The summed E-state index contributed by atoms with van der Waals surface area (Å²) < 4.78 is 94.7. The number of benzene rings is 2. The minimum atomic E-state index is -5.03. The van der Waals surface area contributed by atoms with Gasteiger partial charge in [-0.05, 0) is 86.6 Å². The molecule has 1 unspecified atom stereocenters. The minimum Gasteiger partial charge on any atom is -0.368 e. The number of likely N-dealkylation sites (tertiary alicyclic amines) is 1. The number of halogens is 7. The zero-order valence-electron chi connectivity index (χ0n) is 23.2. The molecule has 2 aliphatic heterocycles. The Hall–Kier alpha value is -2.30. The molecule has 3 amide bonds. The molecule has 228 valence electrons. The molecule has 4 rings (SSSR count). The number of primary amides is 1. The second-order valence-corrected chi connectivity index (χ2v) is 11.0. The second kappa shape index (κ2) is 12.4. The van der Waals surface area contributed by atoms with Crippen LogP contribution in [0.5, 0.6) is 0 Å². The number of rotatable bonds is 4. The molecule has 6 nitrogen and oxygen atoms in total. The fraction of sp³-hybridized carbons (Fsp3) is 0.500. The molecule has 42 heavy (non-hydrogen) atoms. The molecule has 2 fully saturated rings. The van der Waals surface area contributed by atoms with Gasteiger partial charge in [0, 0.05) is 50.2 Å². The van der Waals surface area contributed by atoms with E-state index in [1.54, 1.807) is 13.0 Å². The predicted molar refractivity (Wildman–Crippen MR) is 136 cm³/mol. The van der Waals surface area contributed by atoms with Gasteiger partial charge in [-0.1, -0.05) is 6.07 Å². The predicted octanol–water partition coefficient (Wildman–Crippen LogP) is 6.10. The van der Waals surface area contributed by atoms with Gasteiger partial charge in [0.05, 0.1) is 29.3 Å². The first-order chi connectivity index (χ1) is 18.9. The Morgan fingerprint density at radius 1 is 1.05 bits per heavy atom. The van der Waals surface area contributed by atoms with E-state index in [1.165, 1.54) is 31.0 Å². The third-order valence-corrected chi connectivity index (χ3v) is 8.34. The van der Waals surface area contributed by atoms with E-state index >= 15 is 0 Å². The molecule has 0 aromatic heterocycles. The summed E-state index contributed by atoms with van der Waals surface area (Å²) in [4.78, 5) is 28.3. The second-order valence-electron chi connectivity index (χ2n) is 11.0. The van der Waals surface area contributed by atoms with Gasteiger partial charge < -0.3 is 20.9 Å². The summed E-state index contributed by atoms with van der Waals surface area (Å²) in [5.41, 5.74) is 2.91. The molecule has 14 heteroatoms. The van der Waals surface area contributed by atoms with Gasteiger partial charge in [-0.2, -0.15) is 26.3 Å². The molecule has 2 aromatic rings. The number of nitrogens with two attached hydrogens (primary N) is 1. The molecule has 0 saturated carbocycles. The number of piperidine rings is 1. The van der Waals surface area contributed by atoms with E-state index in [2.05, 4.69) is 5.32 Å². The summed E-state index contributed by atoms with van der Waals surface area (Å²) in [5, 5.41) is 3.30. The Morgan fingerprint density at radius 2 is 1.64 bits per heavy atom. The number of urea groups is 1. The maximum atomic E-state index is 13.9. The van der Waals surface area contributed by atoms with Crippen molar-refractivity contribution in [3.8, 4) is 0 Å². The topological polar surface area (TPSA) is 78.7 Å². The van der Waals surface area contributed by atoms with Crippen LogP contribution in [-0.4, -0.2) is 46.9 Å². The average Bonchev–Trinajstić information content (AvgIpc) is 3.29. The van der Waals surface area contributed by atoms with Crippen LogP contribution in [0.4, 0.5) is 35.5 Å². The number of hydrogen-bond acceptors (Lipinski definition) is 3. The first kappa shape index (κ1) is 34.2. The van der Waals surface area contributed by atoms with Gasteiger partial charge in [0.15, 0.2) is 0 Å². The zero-order chi connectivity index (χ0) is 30.5. The first-order valence-corrected chi connectivity index (χ1v) is 13.1. The fourth-order valence-corrected chi connectivity index (χ4v) is 5.91. The van der Waals surface area contributed by atoms with Crippen molar-refractivity contribution in [2.45, 2.75) is 75.5 Å². The quantitative estimate of drug-likeness (QED) is 0.367. The molecule has 3 N–H and O–H groups in total. The van der Waals surface area contributed by atoms with E-state index in [0.29, 0.717) is 48.9 Å². The minimum absolute atomic E-state index is 0. The number of alkyl halides is 6. The van der Waals surface area contributed by atoms with Crippen molar-refractivity contribution in [3.05, 3.63) is 70.0 Å². The number of carbonyl (C=O) groups is 2. The summed E-state index contributed by atoms with van der Waals surface area (Å²) in [5.74, 6) is -0.971. The number of nitrogens with zero attached hydrogens (tertiary/aromatic N) is 2. The van der Waals surface area contributed by atoms with Crippen LogP contribution in [0.15, 0.2) is 36.4 Å². The molecule has 4 atom stereocenters. The van der Waals surface area contributed by atoms with Crippen LogP contribution in [0.2, 0.25) is 0 Å². The van der Waals surface area contributed by atoms with E-state index in [1.807, 2.05) is 0 Å². The number of aryl methyl sites for hydroxylation is 1. The Balaban J connectivity index is 0.00000484. The molecule has 1 spiro atoms. The summed E-state index contributed by atoms with van der Waals surface area (Å²) in [6, 6.07) is 2.49. The molecule has 2 heterocycles. The Morgan fingerprint density at radius 3 is 2.14 bits per heavy atom. The monoisotopic (exact) mass is 826 g/mol. The largest absolute Gasteiger partial charge is 0.416 e. The van der Waals surface area contributed by atoms with Crippen LogP contribution in [0.25, 0.3) is 0 Å². The van der Waals surface area contributed by atoms with Gasteiger partial charge in [0.2, 0.25) is 5.91 Å². The Labute approximate surface area is 262 Å². The summed E-state index contributed by atoms with van der Waals surface area (Å²) in [7, 11) is 1.32. The van der Waals surface area contributed by atoms with Gasteiger partial charge >= 0.3 is 18.4 Å². The van der Waals surface area contributed by atoms with Crippen LogP contribution in [0, 0.1) is 43.9 Å². The molecule has 0 bridgehead atoms. The first-order valence-electron chi connectivity index (χ1n) is 13.1. The van der Waals surface area contributed by atoms with E-state index in [-0.39, 0.29) is 49.3 Å². The number of hydrogen-bond donors (Lipinski definition) is 2. The number of nitrogens with one attached hydrogen (secondary N) is 1. The molecule has 2 aliphatic rings. The van der Waals surface area contributed by atoms with Crippen LogP contribution in [0.1, 0.15) is 72.5 Å². The van der Waals surface area contributed by atoms with Crippen LogP contribution in [-0.2, 0) is 17.1 Å². The SMILES string of the molecule is Cc1cc(F)ccc1[C@H]1C[C@@]2(CCC(C(N)=O)N2)CCN1C(=O)N(C)[C@H](C)c1cc(C(F)(F)F)cc(C(F)(F)F)c1.[U]. The Kier molecular flexibility index (Phi) is 10.1. The molecule has 0 aliphatic carbocycles.